The molecule has 0 spiro atoms. The van der Waals surface area contributed by atoms with Gasteiger partial charge in [-0.25, -0.2) is 0 Å². The minimum absolute atomic E-state index is 0.0640. The summed E-state index contributed by atoms with van der Waals surface area (Å²) in [7, 11) is 0. The van der Waals surface area contributed by atoms with E-state index in [4.69, 9.17) is 4.74 Å². The van der Waals surface area contributed by atoms with Crippen molar-refractivity contribution in [3.63, 3.8) is 0 Å². The van der Waals surface area contributed by atoms with E-state index < -0.39 is 0 Å². The molecule has 1 aliphatic heterocycles. The largest absolute Gasteiger partial charge is 0.379 e. The van der Waals surface area contributed by atoms with Crippen LogP contribution in [0.25, 0.3) is 10.9 Å². The third kappa shape index (κ3) is 3.20. The quantitative estimate of drug-likeness (QED) is 0.797. The van der Waals surface area contributed by atoms with Gasteiger partial charge >= 0.3 is 0 Å². The molecule has 1 fully saturated rings. The monoisotopic (exact) mass is 341 g/mol. The van der Waals surface area contributed by atoms with E-state index in [1.807, 2.05) is 11.1 Å². The number of carbonyl (C=O) groups is 1. The van der Waals surface area contributed by atoms with Crippen molar-refractivity contribution in [2.45, 2.75) is 6.42 Å². The first-order chi connectivity index (χ1) is 11.8. The highest BCUT2D eigenvalue weighted by Gasteiger charge is 2.24. The normalized spacial score (nSPS) is 18.7. The molecule has 3 heterocycles. The fourth-order valence-electron chi connectivity index (χ4n) is 3.23. The molecule has 4 rings (SSSR count). The van der Waals surface area contributed by atoms with Gasteiger partial charge in [-0.05, 0) is 35.6 Å². The smallest absolute Gasteiger partial charge is 0.265 e. The van der Waals surface area contributed by atoms with E-state index in [-0.39, 0.29) is 5.91 Å². The van der Waals surface area contributed by atoms with Gasteiger partial charge in [0.1, 0.15) is 4.88 Å². The number of nitrogens with zero attached hydrogens (tertiary/aromatic N) is 2. The van der Waals surface area contributed by atoms with Gasteiger partial charge in [-0.2, -0.15) is 0 Å². The molecule has 0 bridgehead atoms. The van der Waals surface area contributed by atoms with Crippen molar-refractivity contribution in [1.29, 1.82) is 0 Å². The van der Waals surface area contributed by atoms with Gasteiger partial charge in [0, 0.05) is 30.7 Å². The Labute approximate surface area is 144 Å². The Balaban J connectivity index is 1.48. The number of carbonyl (C=O) groups excluding carboxylic acids is 1. The van der Waals surface area contributed by atoms with Gasteiger partial charge in [0.25, 0.3) is 5.91 Å². The number of thiazole rings is 1. The van der Waals surface area contributed by atoms with Crippen molar-refractivity contribution in [2.24, 2.45) is 5.92 Å². The number of H-pyrrole nitrogens is 1. The summed E-state index contributed by atoms with van der Waals surface area (Å²) in [6.45, 7) is 2.65. The van der Waals surface area contributed by atoms with E-state index in [0.717, 1.165) is 18.5 Å². The van der Waals surface area contributed by atoms with E-state index >= 15 is 0 Å². The van der Waals surface area contributed by atoms with Gasteiger partial charge in [-0.1, -0.05) is 6.07 Å². The molecule has 1 aromatic carbocycles. The van der Waals surface area contributed by atoms with Crippen LogP contribution in [0.4, 0.5) is 0 Å². The first kappa shape index (κ1) is 15.4. The van der Waals surface area contributed by atoms with E-state index in [2.05, 4.69) is 34.2 Å². The van der Waals surface area contributed by atoms with Crippen molar-refractivity contribution in [1.82, 2.24) is 14.9 Å². The van der Waals surface area contributed by atoms with Crippen molar-refractivity contribution >= 4 is 28.1 Å². The number of nitrogens with one attached hydrogen (secondary N) is 1. The van der Waals surface area contributed by atoms with E-state index in [0.29, 0.717) is 30.6 Å². The summed E-state index contributed by atoms with van der Waals surface area (Å²) in [5.41, 5.74) is 4.13. The van der Waals surface area contributed by atoms with Gasteiger partial charge in [0.05, 0.1) is 24.9 Å². The minimum atomic E-state index is 0.0640. The molecule has 0 saturated carbocycles. The molecule has 1 saturated heterocycles. The number of aromatic amines is 1. The van der Waals surface area contributed by atoms with Crippen LogP contribution >= 0.6 is 11.3 Å². The number of ether oxygens (including phenoxy) is 1. The number of aromatic nitrogens is 2. The average molecular weight is 341 g/mol. The minimum Gasteiger partial charge on any atom is -0.379 e. The van der Waals surface area contributed by atoms with Crippen molar-refractivity contribution in [2.75, 3.05) is 26.3 Å². The van der Waals surface area contributed by atoms with Crippen LogP contribution in [0, 0.1) is 5.92 Å². The summed E-state index contributed by atoms with van der Waals surface area (Å²) in [5, 5.41) is 1.22. The Kier molecular flexibility index (Phi) is 4.32. The first-order valence-electron chi connectivity index (χ1n) is 8.11. The maximum atomic E-state index is 12.6. The van der Waals surface area contributed by atoms with Crippen LogP contribution in [0.5, 0.6) is 0 Å². The lowest BCUT2D eigenvalue weighted by Crippen LogP contribution is -2.36. The van der Waals surface area contributed by atoms with Crippen molar-refractivity contribution in [3.05, 3.63) is 52.6 Å². The standard InChI is InChI=1S/C18H19N3O2S/c22-18(17-9-19-12-24-17)21-5-6-23-11-14(10-21)7-13-1-2-16-15(8-13)3-4-20-16/h1-4,8-9,12,14,20H,5-7,10-11H2/t14-/m1/s1. The zero-order chi connectivity index (χ0) is 16.4. The van der Waals surface area contributed by atoms with Crippen LogP contribution in [0.3, 0.4) is 0 Å². The average Bonchev–Trinajstić information content (AvgIpc) is 3.23. The van der Waals surface area contributed by atoms with Gasteiger partial charge in [0.15, 0.2) is 0 Å². The van der Waals surface area contributed by atoms with Gasteiger partial charge in [-0.3, -0.25) is 9.78 Å². The Morgan fingerprint density at radius 2 is 2.38 bits per heavy atom. The number of benzene rings is 1. The van der Waals surface area contributed by atoms with E-state index in [1.54, 1.807) is 11.7 Å². The molecule has 6 heteroatoms. The highest BCUT2D eigenvalue weighted by Crippen LogP contribution is 2.20. The van der Waals surface area contributed by atoms with Gasteiger partial charge < -0.3 is 14.6 Å². The number of amides is 1. The maximum absolute atomic E-state index is 12.6. The van der Waals surface area contributed by atoms with Crippen LogP contribution in [0.2, 0.25) is 0 Å². The lowest BCUT2D eigenvalue weighted by molar-refractivity contribution is 0.0742. The van der Waals surface area contributed by atoms with Crippen LogP contribution < -0.4 is 0 Å². The van der Waals surface area contributed by atoms with E-state index in [9.17, 15) is 4.79 Å². The fourth-order valence-corrected chi connectivity index (χ4v) is 3.82. The molecule has 5 nitrogen and oxygen atoms in total. The molecule has 2 aromatic heterocycles. The summed E-state index contributed by atoms with van der Waals surface area (Å²) in [6.07, 6.45) is 4.51. The molecule has 0 unspecified atom stereocenters. The summed E-state index contributed by atoms with van der Waals surface area (Å²) in [6, 6.07) is 8.57. The summed E-state index contributed by atoms with van der Waals surface area (Å²) in [5.74, 6) is 0.370. The summed E-state index contributed by atoms with van der Waals surface area (Å²) < 4.78 is 5.74. The Morgan fingerprint density at radius 1 is 1.42 bits per heavy atom. The predicted molar refractivity (Wildman–Crippen MR) is 94.3 cm³/mol. The third-order valence-electron chi connectivity index (χ3n) is 4.41. The van der Waals surface area contributed by atoms with Crippen LogP contribution in [0.1, 0.15) is 15.2 Å². The van der Waals surface area contributed by atoms with Gasteiger partial charge in [0.2, 0.25) is 0 Å². The summed E-state index contributed by atoms with van der Waals surface area (Å²) in [4.78, 5) is 22.4. The highest BCUT2D eigenvalue weighted by atomic mass is 32.1. The Morgan fingerprint density at radius 3 is 3.25 bits per heavy atom. The lowest BCUT2D eigenvalue weighted by atomic mass is 9.98. The molecule has 1 amide bonds. The SMILES string of the molecule is O=C(c1cncs1)N1CCOC[C@H](Cc2ccc3[nH]ccc3c2)C1. The maximum Gasteiger partial charge on any atom is 0.265 e. The summed E-state index contributed by atoms with van der Waals surface area (Å²) >= 11 is 1.39. The molecule has 0 aliphatic carbocycles. The Hall–Kier alpha value is -2.18. The molecule has 1 atom stereocenters. The molecule has 124 valence electrons. The van der Waals surface area contributed by atoms with Crippen LogP contribution in [-0.4, -0.2) is 47.1 Å². The highest BCUT2D eigenvalue weighted by molar-refractivity contribution is 7.11. The molecule has 0 radical (unpaired) electrons. The topological polar surface area (TPSA) is 58.2 Å². The Bertz CT molecular complexity index is 828. The molecule has 24 heavy (non-hydrogen) atoms. The second-order valence-electron chi connectivity index (χ2n) is 6.16. The molecule has 1 aliphatic rings. The predicted octanol–water partition coefficient (Wildman–Crippen LogP) is 2.96. The second-order valence-corrected chi connectivity index (χ2v) is 7.05. The number of hydrogen-bond donors (Lipinski definition) is 1. The molecule has 3 aromatic rings. The first-order valence-corrected chi connectivity index (χ1v) is 8.99. The van der Waals surface area contributed by atoms with Crippen molar-refractivity contribution in [3.8, 4) is 0 Å². The number of rotatable bonds is 3. The molecular formula is C18H19N3O2S. The number of fused-ring (bicyclic) bond motifs is 1. The third-order valence-corrected chi connectivity index (χ3v) is 5.17. The second kappa shape index (κ2) is 6.75. The van der Waals surface area contributed by atoms with E-state index in [1.165, 1.54) is 22.3 Å². The van der Waals surface area contributed by atoms with Gasteiger partial charge in [-0.15, -0.1) is 11.3 Å². The molecular weight excluding hydrogens is 322 g/mol. The van der Waals surface area contributed by atoms with Crippen molar-refractivity contribution < 1.29 is 9.53 Å². The van der Waals surface area contributed by atoms with Crippen LogP contribution in [0.15, 0.2) is 42.2 Å². The fraction of sp³-hybridized carbons (Fsp3) is 0.333. The lowest BCUT2D eigenvalue weighted by Gasteiger charge is -2.23. The molecule has 1 N–H and O–H groups in total. The zero-order valence-electron chi connectivity index (χ0n) is 13.3. The zero-order valence-corrected chi connectivity index (χ0v) is 14.1. The van der Waals surface area contributed by atoms with Crippen LogP contribution in [-0.2, 0) is 11.2 Å². The number of hydrogen-bond acceptors (Lipinski definition) is 4.